The number of hydrogen-bond acceptors (Lipinski definition) is 3. The summed E-state index contributed by atoms with van der Waals surface area (Å²) >= 11 is 0. The average molecular weight is 162 g/mol. The molecule has 0 unspecified atom stereocenters. The number of nitrogens with two attached hydrogens (primary N) is 1. The van der Waals surface area contributed by atoms with Crippen molar-refractivity contribution in [2.24, 2.45) is 0 Å². The van der Waals surface area contributed by atoms with Gasteiger partial charge in [-0.3, -0.25) is 5.10 Å². The predicted octanol–water partition coefficient (Wildman–Crippen LogP) is 1.07. The van der Waals surface area contributed by atoms with Crippen LogP contribution in [0.2, 0.25) is 0 Å². The van der Waals surface area contributed by atoms with Crippen LogP contribution in [0, 0.1) is 0 Å². The highest BCUT2D eigenvalue weighted by Gasteiger charge is 1.76. The van der Waals surface area contributed by atoms with Gasteiger partial charge in [0.25, 0.3) is 0 Å². The number of benzene rings is 1. The Labute approximate surface area is 70.4 Å². The van der Waals surface area contributed by atoms with Crippen molar-refractivity contribution >= 4 is 5.82 Å². The van der Waals surface area contributed by atoms with Gasteiger partial charge in [0, 0.05) is 0 Å². The quantitative estimate of drug-likeness (QED) is 0.609. The van der Waals surface area contributed by atoms with Gasteiger partial charge in [-0.25, -0.2) is 0 Å². The maximum absolute atomic E-state index is 5.07. The van der Waals surface area contributed by atoms with E-state index in [4.69, 9.17) is 5.73 Å². The minimum Gasteiger partial charge on any atom is -0.381 e. The minimum atomic E-state index is 0.426. The highest BCUT2D eigenvalue weighted by molar-refractivity contribution is 5.18. The lowest BCUT2D eigenvalue weighted by Gasteiger charge is -1.69. The van der Waals surface area contributed by atoms with E-state index in [9.17, 15) is 0 Å². The second-order valence-electron chi connectivity index (χ2n) is 2.05. The normalized spacial score (nSPS) is 8.33. The molecular formula is C8H10N4. The van der Waals surface area contributed by atoms with Crippen molar-refractivity contribution in [3.8, 4) is 0 Å². The largest absolute Gasteiger partial charge is 0.381 e. The van der Waals surface area contributed by atoms with Gasteiger partial charge in [0.1, 0.15) is 0 Å². The van der Waals surface area contributed by atoms with Crippen molar-refractivity contribution in [3.05, 3.63) is 42.6 Å². The summed E-state index contributed by atoms with van der Waals surface area (Å²) in [7, 11) is 0. The van der Waals surface area contributed by atoms with E-state index in [0.29, 0.717) is 5.82 Å². The van der Waals surface area contributed by atoms with Crippen LogP contribution in [0.3, 0.4) is 0 Å². The Morgan fingerprint density at radius 3 is 1.67 bits per heavy atom. The topological polar surface area (TPSA) is 67.6 Å². The molecule has 0 saturated heterocycles. The zero-order chi connectivity index (χ0) is 8.65. The van der Waals surface area contributed by atoms with E-state index in [0.717, 1.165) is 0 Å². The number of hydrogen-bond donors (Lipinski definition) is 2. The van der Waals surface area contributed by atoms with Crippen molar-refractivity contribution in [2.75, 3.05) is 5.73 Å². The molecule has 0 atom stereocenters. The Morgan fingerprint density at radius 1 is 1.00 bits per heavy atom. The molecule has 2 rings (SSSR count). The van der Waals surface area contributed by atoms with Gasteiger partial charge in [-0.15, -0.1) is 5.10 Å². The lowest BCUT2D eigenvalue weighted by atomic mass is 10.4. The van der Waals surface area contributed by atoms with Gasteiger partial charge in [0.15, 0.2) is 5.82 Å². The molecule has 1 aromatic heterocycles. The van der Waals surface area contributed by atoms with Crippen LogP contribution in [0.4, 0.5) is 5.82 Å². The fourth-order valence-electron chi connectivity index (χ4n) is 0.595. The van der Waals surface area contributed by atoms with E-state index in [-0.39, 0.29) is 0 Å². The van der Waals surface area contributed by atoms with E-state index >= 15 is 0 Å². The number of nitrogens with one attached hydrogen (secondary N) is 1. The Balaban J connectivity index is 0.000000120. The number of nitrogen functional groups attached to an aromatic ring is 1. The molecule has 0 aliphatic carbocycles. The molecule has 4 heteroatoms. The summed E-state index contributed by atoms with van der Waals surface area (Å²) < 4.78 is 0. The number of rotatable bonds is 0. The summed E-state index contributed by atoms with van der Waals surface area (Å²) in [6.45, 7) is 0. The third-order valence-corrected chi connectivity index (χ3v) is 1.10. The molecule has 0 fully saturated rings. The smallest absolute Gasteiger partial charge is 0.165 e. The SMILES string of the molecule is Nc1c[nH]nn1.c1ccccc1. The Hall–Kier alpha value is -1.84. The Bertz CT molecular complexity index is 250. The van der Waals surface area contributed by atoms with Crippen LogP contribution in [-0.4, -0.2) is 15.4 Å². The van der Waals surface area contributed by atoms with Crippen molar-refractivity contribution < 1.29 is 0 Å². The van der Waals surface area contributed by atoms with Crippen LogP contribution in [0.5, 0.6) is 0 Å². The molecular weight excluding hydrogens is 152 g/mol. The van der Waals surface area contributed by atoms with Crippen molar-refractivity contribution in [3.63, 3.8) is 0 Å². The number of H-pyrrole nitrogens is 1. The van der Waals surface area contributed by atoms with Crippen molar-refractivity contribution in [2.45, 2.75) is 0 Å². The number of nitrogens with zero attached hydrogens (tertiary/aromatic N) is 2. The van der Waals surface area contributed by atoms with Gasteiger partial charge in [-0.05, 0) is 0 Å². The molecule has 0 aliphatic heterocycles. The molecule has 0 radical (unpaired) electrons. The van der Waals surface area contributed by atoms with E-state index in [1.54, 1.807) is 0 Å². The first kappa shape index (κ1) is 8.26. The first-order chi connectivity index (χ1) is 5.89. The number of anilines is 1. The van der Waals surface area contributed by atoms with Crippen LogP contribution in [-0.2, 0) is 0 Å². The molecule has 0 saturated carbocycles. The van der Waals surface area contributed by atoms with Gasteiger partial charge >= 0.3 is 0 Å². The van der Waals surface area contributed by atoms with Gasteiger partial charge in [-0.1, -0.05) is 41.6 Å². The Morgan fingerprint density at radius 2 is 1.50 bits per heavy atom. The predicted molar refractivity (Wildman–Crippen MR) is 47.2 cm³/mol. The molecule has 4 nitrogen and oxygen atoms in total. The summed E-state index contributed by atoms with van der Waals surface area (Å²) in [5.74, 6) is 0.426. The van der Waals surface area contributed by atoms with Crippen LogP contribution in [0.15, 0.2) is 42.6 Å². The maximum atomic E-state index is 5.07. The van der Waals surface area contributed by atoms with Crippen LogP contribution in [0.1, 0.15) is 0 Å². The molecule has 3 N–H and O–H groups in total. The lowest BCUT2D eigenvalue weighted by Crippen LogP contribution is -1.81. The highest BCUT2D eigenvalue weighted by atomic mass is 15.3. The third-order valence-electron chi connectivity index (χ3n) is 1.10. The fourth-order valence-corrected chi connectivity index (χ4v) is 0.595. The van der Waals surface area contributed by atoms with Crippen LogP contribution in [0.25, 0.3) is 0 Å². The molecule has 2 aromatic rings. The molecule has 1 aromatic carbocycles. The summed E-state index contributed by atoms with van der Waals surface area (Å²) in [6, 6.07) is 12.0. The molecule has 1 heterocycles. The van der Waals surface area contributed by atoms with Gasteiger partial charge < -0.3 is 5.73 Å². The maximum Gasteiger partial charge on any atom is 0.165 e. The first-order valence-electron chi connectivity index (χ1n) is 3.51. The van der Waals surface area contributed by atoms with Gasteiger partial charge in [0.2, 0.25) is 0 Å². The third kappa shape index (κ3) is 3.36. The first-order valence-corrected chi connectivity index (χ1v) is 3.51. The minimum absolute atomic E-state index is 0.426. The van der Waals surface area contributed by atoms with Crippen LogP contribution >= 0.6 is 0 Å². The molecule has 0 spiro atoms. The van der Waals surface area contributed by atoms with E-state index in [1.807, 2.05) is 36.4 Å². The number of aromatic amines is 1. The monoisotopic (exact) mass is 162 g/mol. The van der Waals surface area contributed by atoms with Crippen molar-refractivity contribution in [1.82, 2.24) is 15.4 Å². The van der Waals surface area contributed by atoms with E-state index < -0.39 is 0 Å². The molecule has 62 valence electrons. The summed E-state index contributed by atoms with van der Waals surface area (Å²) in [5.41, 5.74) is 5.07. The van der Waals surface area contributed by atoms with Gasteiger partial charge in [0.05, 0.1) is 6.20 Å². The fraction of sp³-hybridized carbons (Fsp3) is 0. The molecule has 0 aliphatic rings. The van der Waals surface area contributed by atoms with E-state index in [2.05, 4.69) is 15.4 Å². The lowest BCUT2D eigenvalue weighted by molar-refractivity contribution is 0.943. The molecule has 12 heavy (non-hydrogen) atoms. The summed E-state index contributed by atoms with van der Waals surface area (Å²) in [6.07, 6.45) is 1.51. The Kier molecular flexibility index (Phi) is 3.37. The van der Waals surface area contributed by atoms with Crippen LogP contribution < -0.4 is 5.73 Å². The zero-order valence-electron chi connectivity index (χ0n) is 6.51. The molecule has 0 amide bonds. The molecule has 0 bridgehead atoms. The van der Waals surface area contributed by atoms with Gasteiger partial charge in [-0.2, -0.15) is 0 Å². The standard InChI is InChI=1S/C6H6.C2H4N4/c1-2-4-6-5-3-1;3-2-1-4-6-5-2/h1-6H;1H,(H3,3,4,5,6). The zero-order valence-corrected chi connectivity index (χ0v) is 6.51. The van der Waals surface area contributed by atoms with E-state index in [1.165, 1.54) is 6.20 Å². The second kappa shape index (κ2) is 4.90. The summed E-state index contributed by atoms with van der Waals surface area (Å²) in [4.78, 5) is 0. The summed E-state index contributed by atoms with van der Waals surface area (Å²) in [5, 5.41) is 9.15. The number of aromatic nitrogens is 3. The second-order valence-corrected chi connectivity index (χ2v) is 2.05. The van der Waals surface area contributed by atoms with Crippen molar-refractivity contribution in [1.29, 1.82) is 0 Å². The average Bonchev–Trinajstić information content (AvgIpc) is 2.60. The highest BCUT2D eigenvalue weighted by Crippen LogP contribution is 1.81.